The summed E-state index contributed by atoms with van der Waals surface area (Å²) in [5, 5.41) is 8.01. The van der Waals surface area contributed by atoms with Gasteiger partial charge in [0, 0.05) is 37.8 Å². The maximum absolute atomic E-state index is 5.49. The van der Waals surface area contributed by atoms with Crippen molar-refractivity contribution in [3.8, 4) is 0 Å². The summed E-state index contributed by atoms with van der Waals surface area (Å²) < 4.78 is 7.42. The zero-order valence-corrected chi connectivity index (χ0v) is 15.8. The molecule has 26 heavy (non-hydrogen) atoms. The molecule has 1 saturated heterocycles. The Morgan fingerprint density at radius 3 is 2.81 bits per heavy atom. The number of ether oxygens (including phenoxy) is 1. The fourth-order valence-electron chi connectivity index (χ4n) is 2.96. The molecule has 0 atom stereocenters. The van der Waals surface area contributed by atoms with Crippen LogP contribution in [0.2, 0.25) is 0 Å². The number of allylic oxidation sites excluding steroid dienone is 6. The molecule has 6 nitrogen and oxygen atoms in total. The van der Waals surface area contributed by atoms with Crippen molar-refractivity contribution < 1.29 is 4.74 Å². The minimum atomic E-state index is 0.734. The van der Waals surface area contributed by atoms with Gasteiger partial charge in [-0.1, -0.05) is 37.3 Å². The van der Waals surface area contributed by atoms with E-state index in [1.807, 2.05) is 36.7 Å². The van der Waals surface area contributed by atoms with Gasteiger partial charge in [-0.15, -0.1) is 0 Å². The Morgan fingerprint density at radius 1 is 1.31 bits per heavy atom. The highest BCUT2D eigenvalue weighted by Gasteiger charge is 2.18. The fraction of sp³-hybridized carbons (Fsp3) is 0.400. The van der Waals surface area contributed by atoms with Crippen LogP contribution in [0.4, 0.5) is 11.6 Å². The molecule has 0 spiro atoms. The van der Waals surface area contributed by atoms with E-state index in [4.69, 9.17) is 9.84 Å². The standard InChI is InChI=1S/C20H27N5O/c1-4-6-7-9-16(8-5-2)17-14-19-22-18(21-3)15-20(25(19)23-17)24-10-12-26-13-11-24/h5-9,14-15H,4,10-13H2,1-3H3,(H,21,22)/b7-6+,8-5-,16-9+. The minimum absolute atomic E-state index is 0.734. The van der Waals surface area contributed by atoms with E-state index in [1.54, 1.807) is 0 Å². The van der Waals surface area contributed by atoms with Crippen LogP contribution >= 0.6 is 0 Å². The summed E-state index contributed by atoms with van der Waals surface area (Å²) in [6, 6.07) is 4.08. The van der Waals surface area contributed by atoms with Crippen molar-refractivity contribution in [2.75, 3.05) is 43.6 Å². The molecule has 0 radical (unpaired) electrons. The molecule has 0 bridgehead atoms. The highest BCUT2D eigenvalue weighted by Crippen LogP contribution is 2.24. The number of fused-ring (bicyclic) bond motifs is 1. The van der Waals surface area contributed by atoms with Gasteiger partial charge in [0.05, 0.1) is 18.9 Å². The van der Waals surface area contributed by atoms with Crippen LogP contribution in [-0.2, 0) is 4.74 Å². The Balaban J connectivity index is 2.08. The van der Waals surface area contributed by atoms with E-state index < -0.39 is 0 Å². The number of nitrogens with zero attached hydrogens (tertiary/aromatic N) is 4. The number of hydrogen-bond donors (Lipinski definition) is 1. The van der Waals surface area contributed by atoms with Gasteiger partial charge in [-0.25, -0.2) is 4.98 Å². The van der Waals surface area contributed by atoms with Gasteiger partial charge in [0.25, 0.3) is 0 Å². The molecule has 0 unspecified atom stereocenters. The largest absolute Gasteiger partial charge is 0.378 e. The Bertz CT molecular complexity index is 828. The first-order valence-electron chi connectivity index (χ1n) is 9.18. The summed E-state index contributed by atoms with van der Waals surface area (Å²) >= 11 is 0. The summed E-state index contributed by atoms with van der Waals surface area (Å²) in [7, 11) is 1.89. The van der Waals surface area contributed by atoms with Gasteiger partial charge in [0.2, 0.25) is 0 Å². The summed E-state index contributed by atoms with van der Waals surface area (Å²) in [5.41, 5.74) is 2.82. The van der Waals surface area contributed by atoms with E-state index in [0.29, 0.717) is 0 Å². The van der Waals surface area contributed by atoms with Crippen LogP contribution in [0.3, 0.4) is 0 Å². The second-order valence-corrected chi connectivity index (χ2v) is 6.11. The predicted molar refractivity (Wildman–Crippen MR) is 108 cm³/mol. The highest BCUT2D eigenvalue weighted by molar-refractivity contribution is 5.75. The quantitative estimate of drug-likeness (QED) is 0.805. The maximum Gasteiger partial charge on any atom is 0.160 e. The molecule has 6 heteroatoms. The minimum Gasteiger partial charge on any atom is -0.378 e. The smallest absolute Gasteiger partial charge is 0.160 e. The molecule has 1 fully saturated rings. The molecule has 0 aliphatic carbocycles. The molecule has 2 aromatic heterocycles. The lowest BCUT2D eigenvalue weighted by atomic mass is 10.1. The third-order valence-electron chi connectivity index (χ3n) is 4.29. The van der Waals surface area contributed by atoms with Crippen molar-refractivity contribution >= 4 is 22.9 Å². The van der Waals surface area contributed by atoms with Crippen LogP contribution in [0, 0.1) is 0 Å². The van der Waals surface area contributed by atoms with Gasteiger partial charge in [0.1, 0.15) is 11.6 Å². The van der Waals surface area contributed by atoms with Gasteiger partial charge >= 0.3 is 0 Å². The summed E-state index contributed by atoms with van der Waals surface area (Å²) in [6.45, 7) is 7.32. The van der Waals surface area contributed by atoms with Gasteiger partial charge in [-0.3, -0.25) is 0 Å². The van der Waals surface area contributed by atoms with E-state index in [9.17, 15) is 0 Å². The maximum atomic E-state index is 5.49. The molecule has 138 valence electrons. The molecule has 0 amide bonds. The van der Waals surface area contributed by atoms with E-state index in [2.05, 4.69) is 46.4 Å². The average Bonchev–Trinajstić information content (AvgIpc) is 3.11. The number of rotatable bonds is 6. The second-order valence-electron chi connectivity index (χ2n) is 6.11. The van der Waals surface area contributed by atoms with Crippen molar-refractivity contribution in [2.45, 2.75) is 20.3 Å². The summed E-state index contributed by atoms with van der Waals surface area (Å²) in [5.74, 6) is 1.88. The van der Waals surface area contributed by atoms with Crippen molar-refractivity contribution in [3.63, 3.8) is 0 Å². The Morgan fingerprint density at radius 2 is 2.12 bits per heavy atom. The lowest BCUT2D eigenvalue weighted by molar-refractivity contribution is 0.122. The van der Waals surface area contributed by atoms with E-state index in [1.165, 1.54) is 0 Å². The van der Waals surface area contributed by atoms with Crippen LogP contribution in [0.15, 0.2) is 42.5 Å². The Kier molecular flexibility index (Phi) is 6.07. The molecule has 3 rings (SSSR count). The molecular weight excluding hydrogens is 326 g/mol. The third kappa shape index (κ3) is 3.96. The average molecular weight is 353 g/mol. The Hall–Kier alpha value is -2.60. The number of aromatic nitrogens is 3. The van der Waals surface area contributed by atoms with E-state index in [0.717, 1.165) is 61.3 Å². The summed E-state index contributed by atoms with van der Waals surface area (Å²) in [6.07, 6.45) is 11.4. The number of anilines is 2. The lowest BCUT2D eigenvalue weighted by Gasteiger charge is -2.29. The zero-order valence-electron chi connectivity index (χ0n) is 15.8. The number of hydrogen-bond acceptors (Lipinski definition) is 5. The second kappa shape index (κ2) is 8.67. The third-order valence-corrected chi connectivity index (χ3v) is 4.29. The molecule has 1 aliphatic heterocycles. The van der Waals surface area contributed by atoms with Crippen LogP contribution in [0.5, 0.6) is 0 Å². The number of morpholine rings is 1. The van der Waals surface area contributed by atoms with Gasteiger partial charge < -0.3 is 15.0 Å². The molecule has 1 aliphatic rings. The number of nitrogens with one attached hydrogen (secondary N) is 1. The van der Waals surface area contributed by atoms with E-state index in [-0.39, 0.29) is 0 Å². The van der Waals surface area contributed by atoms with Gasteiger partial charge in [0.15, 0.2) is 5.65 Å². The molecule has 2 aromatic rings. The highest BCUT2D eigenvalue weighted by atomic mass is 16.5. The summed E-state index contributed by atoms with van der Waals surface area (Å²) in [4.78, 5) is 6.97. The SMILES string of the molecule is C\C=C/C(=C\C=C\CC)c1cc2nc(NC)cc(N3CCOCC3)n2n1. The molecular formula is C20H27N5O. The molecule has 0 aromatic carbocycles. The van der Waals surface area contributed by atoms with Crippen molar-refractivity contribution in [2.24, 2.45) is 0 Å². The normalized spacial score (nSPS) is 16.3. The fourth-order valence-corrected chi connectivity index (χ4v) is 2.96. The van der Waals surface area contributed by atoms with Crippen molar-refractivity contribution in [3.05, 3.63) is 48.2 Å². The Labute approximate surface area is 154 Å². The molecule has 0 saturated carbocycles. The van der Waals surface area contributed by atoms with Crippen LogP contribution in [0.1, 0.15) is 26.0 Å². The topological polar surface area (TPSA) is 54.7 Å². The van der Waals surface area contributed by atoms with E-state index >= 15 is 0 Å². The van der Waals surface area contributed by atoms with Gasteiger partial charge in [-0.05, 0) is 13.3 Å². The lowest BCUT2D eigenvalue weighted by Crippen LogP contribution is -2.37. The molecule has 3 heterocycles. The zero-order chi connectivity index (χ0) is 18.4. The first-order chi connectivity index (χ1) is 12.8. The van der Waals surface area contributed by atoms with Crippen molar-refractivity contribution in [1.82, 2.24) is 14.6 Å². The molecule has 1 N–H and O–H groups in total. The first kappa shape index (κ1) is 18.2. The predicted octanol–water partition coefficient (Wildman–Crippen LogP) is 3.53. The van der Waals surface area contributed by atoms with Crippen LogP contribution in [-0.4, -0.2) is 47.9 Å². The van der Waals surface area contributed by atoms with Crippen molar-refractivity contribution in [1.29, 1.82) is 0 Å². The van der Waals surface area contributed by atoms with Crippen LogP contribution < -0.4 is 10.2 Å². The monoisotopic (exact) mass is 353 g/mol. The first-order valence-corrected chi connectivity index (χ1v) is 9.18. The van der Waals surface area contributed by atoms with Crippen LogP contribution in [0.25, 0.3) is 11.2 Å². The van der Waals surface area contributed by atoms with Gasteiger partial charge in [-0.2, -0.15) is 9.61 Å².